The van der Waals surface area contributed by atoms with Crippen molar-refractivity contribution in [1.29, 1.82) is 0 Å². The molecule has 1 atom stereocenters. The van der Waals surface area contributed by atoms with Crippen molar-refractivity contribution in [3.05, 3.63) is 35.1 Å². The van der Waals surface area contributed by atoms with Gasteiger partial charge < -0.3 is 4.74 Å². The molecule has 0 aliphatic carbocycles. The van der Waals surface area contributed by atoms with Gasteiger partial charge in [0.05, 0.1) is 11.1 Å². The minimum atomic E-state index is -0.949. The van der Waals surface area contributed by atoms with Crippen LogP contribution in [-0.2, 0) is 9.53 Å². The van der Waals surface area contributed by atoms with Crippen molar-refractivity contribution in [3.8, 4) is 0 Å². The zero-order valence-electron chi connectivity index (χ0n) is 12.6. The smallest absolute Gasteiger partial charge is 0.307 e. The molecule has 5 heteroatoms. The molecule has 1 aromatic carbocycles. The molecule has 1 aliphatic heterocycles. The highest BCUT2D eigenvalue weighted by Gasteiger charge is 2.41. The topological polar surface area (TPSA) is 46.6 Å². The van der Waals surface area contributed by atoms with Crippen LogP contribution in [0.5, 0.6) is 0 Å². The summed E-state index contributed by atoms with van der Waals surface area (Å²) < 4.78 is 19.5. The van der Waals surface area contributed by atoms with E-state index < -0.39 is 18.0 Å². The highest BCUT2D eigenvalue weighted by Crippen LogP contribution is 2.37. The normalized spacial score (nSPS) is 17.3. The third-order valence-corrected chi connectivity index (χ3v) is 3.33. The lowest BCUT2D eigenvalue weighted by Crippen LogP contribution is -2.34. The van der Waals surface area contributed by atoms with Gasteiger partial charge in [0.1, 0.15) is 5.82 Å². The maximum atomic E-state index is 14.1. The quantitative estimate of drug-likeness (QED) is 0.783. The van der Waals surface area contributed by atoms with E-state index in [1.807, 2.05) is 20.8 Å². The van der Waals surface area contributed by atoms with E-state index in [0.717, 1.165) is 0 Å². The maximum absolute atomic E-state index is 14.1. The minimum absolute atomic E-state index is 0.174. The summed E-state index contributed by atoms with van der Waals surface area (Å²) in [5, 5.41) is 0. The number of esters is 1. The van der Waals surface area contributed by atoms with Gasteiger partial charge in [0.2, 0.25) is 6.23 Å². The Bertz CT molecular complexity index is 556. The first kappa shape index (κ1) is 15.5. The van der Waals surface area contributed by atoms with Gasteiger partial charge >= 0.3 is 5.97 Å². The number of benzene rings is 1. The van der Waals surface area contributed by atoms with Gasteiger partial charge in [-0.15, -0.1) is 0 Å². The van der Waals surface area contributed by atoms with Crippen molar-refractivity contribution in [2.24, 2.45) is 5.92 Å². The fourth-order valence-electron chi connectivity index (χ4n) is 2.47. The number of nitrogens with zero attached hydrogens (tertiary/aromatic N) is 1. The van der Waals surface area contributed by atoms with E-state index in [1.54, 1.807) is 6.07 Å². The molecule has 114 valence electrons. The Morgan fingerprint density at radius 3 is 2.76 bits per heavy atom. The molecular weight excluding hydrogens is 273 g/mol. The van der Waals surface area contributed by atoms with Gasteiger partial charge in [-0.25, -0.2) is 4.39 Å². The molecule has 1 amide bonds. The molecule has 0 fully saturated rings. The first-order valence-corrected chi connectivity index (χ1v) is 7.24. The van der Waals surface area contributed by atoms with Gasteiger partial charge in [-0.05, 0) is 24.5 Å². The first-order valence-electron chi connectivity index (χ1n) is 7.24. The molecule has 21 heavy (non-hydrogen) atoms. The number of fused-ring (bicyclic) bond motifs is 1. The lowest BCUT2D eigenvalue weighted by Gasteiger charge is -2.26. The third kappa shape index (κ3) is 3.06. The van der Waals surface area contributed by atoms with Gasteiger partial charge in [-0.2, -0.15) is 0 Å². The van der Waals surface area contributed by atoms with Crippen LogP contribution in [0, 0.1) is 11.7 Å². The van der Waals surface area contributed by atoms with Crippen molar-refractivity contribution in [3.63, 3.8) is 0 Å². The van der Waals surface area contributed by atoms with Crippen LogP contribution >= 0.6 is 0 Å². The molecule has 0 N–H and O–H groups in total. The molecule has 2 rings (SSSR count). The summed E-state index contributed by atoms with van der Waals surface area (Å²) in [6.07, 6.45) is -0.0483. The molecule has 1 aliphatic rings. The van der Waals surface area contributed by atoms with Crippen LogP contribution in [0.1, 0.15) is 55.8 Å². The van der Waals surface area contributed by atoms with E-state index in [-0.39, 0.29) is 29.4 Å². The molecule has 4 nitrogen and oxygen atoms in total. The van der Waals surface area contributed by atoms with Gasteiger partial charge in [0.15, 0.2) is 0 Å². The van der Waals surface area contributed by atoms with Crippen molar-refractivity contribution < 1.29 is 18.7 Å². The number of carbonyl (C=O) groups excluding carboxylic acids is 2. The molecule has 1 unspecified atom stereocenters. The van der Waals surface area contributed by atoms with E-state index in [9.17, 15) is 14.0 Å². The Morgan fingerprint density at radius 2 is 2.14 bits per heavy atom. The predicted molar refractivity (Wildman–Crippen MR) is 76.0 cm³/mol. The number of hydrogen-bond acceptors (Lipinski definition) is 3. The predicted octanol–water partition coefficient (Wildman–Crippen LogP) is 3.28. The van der Waals surface area contributed by atoms with E-state index >= 15 is 0 Å². The van der Waals surface area contributed by atoms with E-state index in [4.69, 9.17) is 4.74 Å². The number of halogens is 1. The second-order valence-electron chi connectivity index (χ2n) is 5.64. The van der Waals surface area contributed by atoms with Crippen LogP contribution in [0.4, 0.5) is 4.39 Å². The second-order valence-corrected chi connectivity index (χ2v) is 5.64. The van der Waals surface area contributed by atoms with Crippen LogP contribution in [0.3, 0.4) is 0 Å². The van der Waals surface area contributed by atoms with Gasteiger partial charge in [0, 0.05) is 13.0 Å². The molecule has 0 radical (unpaired) electrons. The first-order chi connectivity index (χ1) is 9.95. The van der Waals surface area contributed by atoms with Gasteiger partial charge in [-0.1, -0.05) is 26.8 Å². The SMILES string of the molecule is CCCC(=O)OC1c2c(F)cccc2C(=O)N1CC(C)C. The Hall–Kier alpha value is -1.91. The van der Waals surface area contributed by atoms with Crippen LogP contribution in [0.2, 0.25) is 0 Å². The molecule has 0 saturated heterocycles. The van der Waals surface area contributed by atoms with Crippen LogP contribution in [-0.4, -0.2) is 23.3 Å². The Morgan fingerprint density at radius 1 is 1.43 bits per heavy atom. The molecule has 1 aromatic rings. The van der Waals surface area contributed by atoms with Crippen molar-refractivity contribution in [2.75, 3.05) is 6.54 Å². The van der Waals surface area contributed by atoms with E-state index in [0.29, 0.717) is 13.0 Å². The maximum Gasteiger partial charge on any atom is 0.307 e. The van der Waals surface area contributed by atoms with Crippen LogP contribution < -0.4 is 0 Å². The minimum Gasteiger partial charge on any atom is -0.437 e. The molecule has 0 saturated carbocycles. The summed E-state index contributed by atoms with van der Waals surface area (Å²) in [6, 6.07) is 4.35. The second kappa shape index (κ2) is 6.24. The monoisotopic (exact) mass is 293 g/mol. The molecule has 1 heterocycles. The summed E-state index contributed by atoms with van der Waals surface area (Å²) in [5.41, 5.74) is 0.456. The van der Waals surface area contributed by atoms with E-state index in [1.165, 1.54) is 17.0 Å². The highest BCUT2D eigenvalue weighted by atomic mass is 19.1. The third-order valence-electron chi connectivity index (χ3n) is 3.33. The van der Waals surface area contributed by atoms with Crippen molar-refractivity contribution in [2.45, 2.75) is 39.8 Å². The zero-order chi connectivity index (χ0) is 15.6. The standard InChI is InChI=1S/C16H20FNO3/c1-4-6-13(19)21-16-14-11(7-5-8-12(14)17)15(20)18(16)9-10(2)3/h5,7-8,10,16H,4,6,9H2,1-3H3. The van der Waals surface area contributed by atoms with Crippen LogP contribution in [0.15, 0.2) is 18.2 Å². The summed E-state index contributed by atoms with van der Waals surface area (Å²) in [6.45, 7) is 6.19. The Balaban J connectivity index is 2.36. The largest absolute Gasteiger partial charge is 0.437 e. The number of carbonyl (C=O) groups is 2. The summed E-state index contributed by atoms with van der Waals surface area (Å²) >= 11 is 0. The molecule has 0 aromatic heterocycles. The Kier molecular flexibility index (Phi) is 4.60. The summed E-state index contributed by atoms with van der Waals surface area (Å²) in [7, 11) is 0. The summed E-state index contributed by atoms with van der Waals surface area (Å²) in [4.78, 5) is 25.6. The van der Waals surface area contributed by atoms with Gasteiger partial charge in [-0.3, -0.25) is 14.5 Å². The average Bonchev–Trinajstić information content (AvgIpc) is 2.65. The Labute approximate surface area is 123 Å². The highest BCUT2D eigenvalue weighted by molar-refractivity contribution is 5.99. The van der Waals surface area contributed by atoms with Crippen LogP contribution in [0.25, 0.3) is 0 Å². The lowest BCUT2D eigenvalue weighted by atomic mass is 10.1. The average molecular weight is 293 g/mol. The fraction of sp³-hybridized carbons (Fsp3) is 0.500. The van der Waals surface area contributed by atoms with Crippen molar-refractivity contribution in [1.82, 2.24) is 4.90 Å². The van der Waals surface area contributed by atoms with Crippen molar-refractivity contribution >= 4 is 11.9 Å². The molecule has 0 bridgehead atoms. The number of ether oxygens (including phenoxy) is 1. The zero-order valence-corrected chi connectivity index (χ0v) is 12.6. The van der Waals surface area contributed by atoms with Gasteiger partial charge in [0.25, 0.3) is 5.91 Å². The number of rotatable bonds is 5. The fourth-order valence-corrected chi connectivity index (χ4v) is 2.47. The molecule has 0 spiro atoms. The lowest BCUT2D eigenvalue weighted by molar-refractivity contribution is -0.157. The van der Waals surface area contributed by atoms with E-state index in [2.05, 4.69) is 0 Å². The number of hydrogen-bond donors (Lipinski definition) is 0. The number of amides is 1. The summed E-state index contributed by atoms with van der Waals surface area (Å²) in [5.74, 6) is -1.02. The molecular formula is C16H20FNO3.